The predicted molar refractivity (Wildman–Crippen MR) is 116 cm³/mol. The molecule has 1 unspecified atom stereocenters. The summed E-state index contributed by atoms with van der Waals surface area (Å²) in [7, 11) is 0. The van der Waals surface area contributed by atoms with Crippen molar-refractivity contribution in [2.24, 2.45) is 5.92 Å². The predicted octanol–water partition coefficient (Wildman–Crippen LogP) is 2.31. The van der Waals surface area contributed by atoms with Gasteiger partial charge in [-0.05, 0) is 12.3 Å². The van der Waals surface area contributed by atoms with E-state index in [9.17, 15) is 0 Å². The molecule has 0 saturated heterocycles. The van der Waals surface area contributed by atoms with Gasteiger partial charge < -0.3 is 38.3 Å². The fourth-order valence-corrected chi connectivity index (χ4v) is 2.53. The van der Waals surface area contributed by atoms with Crippen molar-refractivity contribution in [1.82, 2.24) is 0 Å². The molecule has 0 amide bonds. The average molecular weight is 439 g/mol. The highest BCUT2D eigenvalue weighted by Crippen LogP contribution is 2.12. The quantitative estimate of drug-likeness (QED) is 0.206. The van der Waals surface area contributed by atoms with Crippen LogP contribution in [0.1, 0.15) is 39.5 Å². The van der Waals surface area contributed by atoms with Crippen LogP contribution in [-0.4, -0.2) is 104 Å². The summed E-state index contributed by atoms with van der Waals surface area (Å²) in [6.07, 6.45) is 4.97. The molecule has 0 saturated carbocycles. The molecule has 0 aliphatic rings. The van der Waals surface area contributed by atoms with Gasteiger partial charge in [-0.2, -0.15) is 0 Å². The monoisotopic (exact) mass is 438 g/mol. The molecule has 0 fully saturated rings. The van der Waals surface area contributed by atoms with Crippen molar-refractivity contribution in [3.05, 3.63) is 0 Å². The van der Waals surface area contributed by atoms with E-state index in [1.807, 2.05) is 0 Å². The van der Waals surface area contributed by atoms with Crippen LogP contribution in [0.15, 0.2) is 0 Å². The summed E-state index contributed by atoms with van der Waals surface area (Å²) in [4.78, 5) is 0. The zero-order chi connectivity index (χ0) is 22.0. The number of unbranched alkanes of at least 4 members (excludes halogenated alkanes) is 1. The number of aliphatic hydroxyl groups excluding tert-OH is 1. The number of hydrogen-bond acceptors (Lipinski definition) is 8. The Morgan fingerprint density at radius 2 is 0.900 bits per heavy atom. The van der Waals surface area contributed by atoms with Crippen LogP contribution >= 0.6 is 0 Å². The molecule has 1 N–H and O–H groups in total. The van der Waals surface area contributed by atoms with Gasteiger partial charge in [0.1, 0.15) is 0 Å². The first kappa shape index (κ1) is 29.7. The highest BCUT2D eigenvalue weighted by atomic mass is 16.6. The lowest BCUT2D eigenvalue weighted by atomic mass is 10.0. The maximum absolute atomic E-state index is 8.54. The molecule has 0 radical (unpaired) electrons. The number of aliphatic hydroxyl groups is 1. The van der Waals surface area contributed by atoms with E-state index in [1.165, 1.54) is 25.7 Å². The fourth-order valence-electron chi connectivity index (χ4n) is 2.53. The van der Waals surface area contributed by atoms with E-state index in [4.69, 9.17) is 38.3 Å². The van der Waals surface area contributed by atoms with Crippen LogP contribution in [0.25, 0.3) is 0 Å². The zero-order valence-electron chi connectivity index (χ0n) is 19.3. The van der Waals surface area contributed by atoms with E-state index >= 15 is 0 Å². The minimum absolute atomic E-state index is 0.0379. The second-order valence-corrected chi connectivity index (χ2v) is 6.89. The molecule has 0 rings (SSSR count). The van der Waals surface area contributed by atoms with E-state index in [1.54, 1.807) is 0 Å². The first-order chi connectivity index (χ1) is 14.8. The normalized spacial score (nSPS) is 12.5. The van der Waals surface area contributed by atoms with Gasteiger partial charge in [0.05, 0.1) is 92.5 Å². The Balaban J connectivity index is 3.09. The first-order valence-corrected chi connectivity index (χ1v) is 11.5. The van der Waals surface area contributed by atoms with Crippen LogP contribution in [0.2, 0.25) is 0 Å². The van der Waals surface area contributed by atoms with Crippen molar-refractivity contribution >= 4 is 0 Å². The third-order valence-electron chi connectivity index (χ3n) is 4.36. The Labute approximate surface area is 183 Å². The smallest absolute Gasteiger partial charge is 0.0701 e. The minimum Gasteiger partial charge on any atom is -0.394 e. The van der Waals surface area contributed by atoms with E-state index in [-0.39, 0.29) is 6.61 Å². The largest absolute Gasteiger partial charge is 0.394 e. The molecule has 0 bridgehead atoms. The number of rotatable bonds is 26. The summed E-state index contributed by atoms with van der Waals surface area (Å²) in [5, 5.41) is 8.54. The van der Waals surface area contributed by atoms with Crippen molar-refractivity contribution in [3.8, 4) is 0 Å². The average Bonchev–Trinajstić information content (AvgIpc) is 2.76. The summed E-state index contributed by atoms with van der Waals surface area (Å²) >= 11 is 0. The molecular weight excluding hydrogens is 392 g/mol. The molecule has 0 aromatic rings. The van der Waals surface area contributed by atoms with Crippen LogP contribution in [0, 0.1) is 5.92 Å². The standard InChI is InChI=1S/C22H46O8/c1-3-5-6-22(4-2)21-30-20-19-29-18-17-28-16-15-27-14-13-26-12-11-25-10-9-24-8-7-23/h22-23H,3-21H2,1-2H3. The third kappa shape index (κ3) is 24.0. The molecule has 8 nitrogen and oxygen atoms in total. The van der Waals surface area contributed by atoms with Crippen molar-refractivity contribution < 1.29 is 38.3 Å². The van der Waals surface area contributed by atoms with Gasteiger partial charge in [-0.25, -0.2) is 0 Å². The molecule has 0 aliphatic carbocycles. The van der Waals surface area contributed by atoms with Gasteiger partial charge in [0, 0.05) is 6.61 Å². The molecule has 182 valence electrons. The molecule has 0 aromatic heterocycles. The van der Waals surface area contributed by atoms with Crippen LogP contribution in [0.3, 0.4) is 0 Å². The second-order valence-electron chi connectivity index (χ2n) is 6.89. The maximum atomic E-state index is 8.54. The van der Waals surface area contributed by atoms with Gasteiger partial charge in [-0.15, -0.1) is 0 Å². The van der Waals surface area contributed by atoms with Crippen LogP contribution in [0.4, 0.5) is 0 Å². The molecule has 0 heterocycles. The fraction of sp³-hybridized carbons (Fsp3) is 1.00. The Hall–Kier alpha value is -0.320. The molecule has 8 heteroatoms. The van der Waals surface area contributed by atoms with Gasteiger partial charge in [0.15, 0.2) is 0 Å². The van der Waals surface area contributed by atoms with Crippen molar-refractivity contribution in [2.45, 2.75) is 39.5 Å². The van der Waals surface area contributed by atoms with Crippen LogP contribution in [0.5, 0.6) is 0 Å². The van der Waals surface area contributed by atoms with E-state index in [2.05, 4.69) is 13.8 Å². The molecular formula is C22H46O8. The van der Waals surface area contributed by atoms with Gasteiger partial charge in [-0.3, -0.25) is 0 Å². The SMILES string of the molecule is CCCCC(CC)COCCOCCOCCOCCOCCOCCOCCO. The third-order valence-corrected chi connectivity index (χ3v) is 4.36. The van der Waals surface area contributed by atoms with Crippen molar-refractivity contribution in [1.29, 1.82) is 0 Å². The summed E-state index contributed by atoms with van der Waals surface area (Å²) in [6.45, 7) is 12.3. The Kier molecular flexibility index (Phi) is 26.4. The number of ether oxygens (including phenoxy) is 7. The summed E-state index contributed by atoms with van der Waals surface area (Å²) < 4.78 is 37.9. The first-order valence-electron chi connectivity index (χ1n) is 11.5. The maximum Gasteiger partial charge on any atom is 0.0701 e. The van der Waals surface area contributed by atoms with Crippen LogP contribution < -0.4 is 0 Å². The second kappa shape index (κ2) is 26.7. The molecule has 30 heavy (non-hydrogen) atoms. The van der Waals surface area contributed by atoms with E-state index < -0.39 is 0 Å². The lowest BCUT2D eigenvalue weighted by Crippen LogP contribution is -2.15. The number of hydrogen-bond donors (Lipinski definition) is 1. The van der Waals surface area contributed by atoms with Gasteiger partial charge in [-0.1, -0.05) is 33.1 Å². The van der Waals surface area contributed by atoms with Crippen molar-refractivity contribution in [3.63, 3.8) is 0 Å². The highest BCUT2D eigenvalue weighted by Gasteiger charge is 2.05. The highest BCUT2D eigenvalue weighted by molar-refractivity contribution is 4.55. The van der Waals surface area contributed by atoms with Gasteiger partial charge >= 0.3 is 0 Å². The van der Waals surface area contributed by atoms with Gasteiger partial charge in [0.25, 0.3) is 0 Å². The Bertz CT molecular complexity index is 307. The lowest BCUT2D eigenvalue weighted by Gasteiger charge is -2.14. The lowest BCUT2D eigenvalue weighted by molar-refractivity contribution is -0.0226. The molecule has 0 spiro atoms. The van der Waals surface area contributed by atoms with E-state index in [0.717, 1.165) is 6.61 Å². The molecule has 0 aliphatic heterocycles. The van der Waals surface area contributed by atoms with Crippen molar-refractivity contribution in [2.75, 3.05) is 99.1 Å². The molecule has 1 atom stereocenters. The van der Waals surface area contributed by atoms with Gasteiger partial charge in [0.2, 0.25) is 0 Å². The summed E-state index contributed by atoms with van der Waals surface area (Å²) in [6, 6.07) is 0. The van der Waals surface area contributed by atoms with E-state index in [0.29, 0.717) is 91.8 Å². The minimum atomic E-state index is 0.0379. The zero-order valence-corrected chi connectivity index (χ0v) is 19.3. The summed E-state index contributed by atoms with van der Waals surface area (Å²) in [5.74, 6) is 0.676. The van der Waals surface area contributed by atoms with Crippen LogP contribution in [-0.2, 0) is 33.2 Å². The topological polar surface area (TPSA) is 84.8 Å². The molecule has 0 aromatic carbocycles. The Morgan fingerprint density at radius 3 is 1.23 bits per heavy atom. The summed E-state index contributed by atoms with van der Waals surface area (Å²) in [5.41, 5.74) is 0. The Morgan fingerprint density at radius 1 is 0.533 bits per heavy atom.